The number of carbonyl (C=O) groups is 2. The number of nitrogens with one attached hydrogen (secondary N) is 1. The molecule has 0 aliphatic carbocycles. The average molecular weight is 594 g/mol. The van der Waals surface area contributed by atoms with E-state index in [4.69, 9.17) is 56.5 Å². The molecule has 190 valence electrons. The summed E-state index contributed by atoms with van der Waals surface area (Å²) in [6.07, 6.45) is 1.66. The number of aryl methyl sites for hydroxylation is 1. The van der Waals surface area contributed by atoms with Crippen LogP contribution in [-0.4, -0.2) is 28.3 Å². The molecule has 2 amide bonds. The van der Waals surface area contributed by atoms with Crippen LogP contribution >= 0.6 is 58.8 Å². The Morgan fingerprint density at radius 1 is 1.05 bits per heavy atom. The van der Waals surface area contributed by atoms with Gasteiger partial charge in [-0.15, -0.1) is 0 Å². The lowest BCUT2D eigenvalue weighted by Crippen LogP contribution is -2.44. The zero-order valence-corrected chi connectivity index (χ0v) is 23.4. The quantitative estimate of drug-likeness (QED) is 0.233. The van der Waals surface area contributed by atoms with Crippen molar-refractivity contribution < 1.29 is 19.1 Å². The van der Waals surface area contributed by atoms with E-state index in [1.165, 1.54) is 7.11 Å². The number of hydrogen-bond donors (Lipinski definition) is 1. The van der Waals surface area contributed by atoms with Gasteiger partial charge in [-0.05, 0) is 72.7 Å². The van der Waals surface area contributed by atoms with Gasteiger partial charge >= 0.3 is 0 Å². The number of thioether (sulfide) groups is 1. The predicted molar refractivity (Wildman–Crippen MR) is 152 cm³/mol. The molecule has 1 aliphatic heterocycles. The Bertz CT molecular complexity index is 1450. The van der Waals surface area contributed by atoms with E-state index in [2.05, 4.69) is 5.43 Å². The summed E-state index contributed by atoms with van der Waals surface area (Å²) in [5.74, 6) is -0.0214. The Kier molecular flexibility index (Phi) is 8.67. The van der Waals surface area contributed by atoms with Crippen molar-refractivity contribution in [2.45, 2.75) is 13.5 Å². The summed E-state index contributed by atoms with van der Waals surface area (Å²) in [6.45, 7) is 2.08. The first-order valence-corrected chi connectivity index (χ1v) is 13.1. The van der Waals surface area contributed by atoms with E-state index in [1.807, 2.05) is 6.92 Å². The smallest absolute Gasteiger partial charge is 0.285 e. The van der Waals surface area contributed by atoms with E-state index in [1.54, 1.807) is 60.7 Å². The van der Waals surface area contributed by atoms with Gasteiger partial charge in [0.2, 0.25) is 0 Å². The molecule has 4 rings (SSSR count). The summed E-state index contributed by atoms with van der Waals surface area (Å²) in [5.41, 5.74) is 5.15. The van der Waals surface area contributed by atoms with E-state index < -0.39 is 11.8 Å². The number of nitrogens with zero attached hydrogens (tertiary/aromatic N) is 1. The molecule has 37 heavy (non-hydrogen) atoms. The SMILES string of the molecule is COc1cc(/C=C2/SC(=S)N(NC(=O)c3ccc(C)cc3Cl)C2=O)ccc1OCc1ccc(Cl)cc1Cl. The summed E-state index contributed by atoms with van der Waals surface area (Å²) in [7, 11) is 1.52. The van der Waals surface area contributed by atoms with Crippen LogP contribution in [0.3, 0.4) is 0 Å². The minimum Gasteiger partial charge on any atom is -0.493 e. The average Bonchev–Trinajstić information content (AvgIpc) is 3.11. The maximum absolute atomic E-state index is 13.0. The molecule has 0 atom stereocenters. The number of methoxy groups -OCH3 is 1. The second-order valence-electron chi connectivity index (χ2n) is 7.88. The maximum Gasteiger partial charge on any atom is 0.285 e. The Labute approximate surface area is 238 Å². The number of hydrogen-bond acceptors (Lipinski definition) is 6. The summed E-state index contributed by atoms with van der Waals surface area (Å²) in [5, 5.41) is 2.36. The van der Waals surface area contributed by atoms with Crippen LogP contribution in [0.25, 0.3) is 6.08 Å². The normalized spacial score (nSPS) is 14.3. The molecule has 0 aromatic heterocycles. The van der Waals surface area contributed by atoms with E-state index in [9.17, 15) is 9.59 Å². The third-order valence-electron chi connectivity index (χ3n) is 5.26. The number of amides is 2. The molecule has 0 radical (unpaired) electrons. The highest BCUT2D eigenvalue weighted by molar-refractivity contribution is 8.26. The van der Waals surface area contributed by atoms with Gasteiger partial charge in [0, 0.05) is 15.6 Å². The molecule has 0 saturated carbocycles. The molecule has 1 heterocycles. The molecule has 6 nitrogen and oxygen atoms in total. The van der Waals surface area contributed by atoms with E-state index in [0.29, 0.717) is 32.0 Å². The molecule has 0 unspecified atom stereocenters. The number of thiocarbonyl (C=S) groups is 1. The lowest BCUT2D eigenvalue weighted by Gasteiger charge is -2.16. The lowest BCUT2D eigenvalue weighted by molar-refractivity contribution is -0.123. The Morgan fingerprint density at radius 3 is 2.54 bits per heavy atom. The molecule has 0 bridgehead atoms. The number of ether oxygens (including phenoxy) is 2. The van der Waals surface area contributed by atoms with E-state index in [-0.39, 0.29) is 21.5 Å². The van der Waals surface area contributed by atoms with Crippen molar-refractivity contribution >= 4 is 81.0 Å². The molecule has 11 heteroatoms. The van der Waals surface area contributed by atoms with Gasteiger partial charge in [-0.3, -0.25) is 15.0 Å². The zero-order valence-electron chi connectivity index (χ0n) is 19.5. The van der Waals surface area contributed by atoms with Gasteiger partial charge in [0.15, 0.2) is 15.8 Å². The highest BCUT2D eigenvalue weighted by Gasteiger charge is 2.34. The molecule has 1 saturated heterocycles. The van der Waals surface area contributed by atoms with Crippen LogP contribution in [0.2, 0.25) is 15.1 Å². The van der Waals surface area contributed by atoms with Crippen LogP contribution < -0.4 is 14.9 Å². The van der Waals surface area contributed by atoms with Gasteiger partial charge in [-0.2, -0.15) is 5.01 Å². The topological polar surface area (TPSA) is 67.9 Å². The van der Waals surface area contributed by atoms with Crippen molar-refractivity contribution in [1.29, 1.82) is 0 Å². The Hall–Kier alpha value is -2.75. The molecule has 1 aliphatic rings. The third-order valence-corrected chi connectivity index (χ3v) is 7.46. The molecule has 1 fully saturated rings. The number of rotatable bonds is 7. The van der Waals surface area contributed by atoms with Crippen molar-refractivity contribution in [3.63, 3.8) is 0 Å². The third kappa shape index (κ3) is 6.40. The molecule has 3 aromatic rings. The Morgan fingerprint density at radius 2 is 1.84 bits per heavy atom. The van der Waals surface area contributed by atoms with Crippen LogP contribution in [0.1, 0.15) is 27.0 Å². The summed E-state index contributed by atoms with van der Waals surface area (Å²) in [4.78, 5) is 26.0. The first-order chi connectivity index (χ1) is 17.7. The standard InChI is InChI=1S/C26H19Cl3N2O4S2/c1-14-3-7-18(20(29)9-14)24(32)30-31-25(33)23(37-26(31)36)11-15-4-8-21(22(10-15)34-2)35-13-16-5-6-17(27)12-19(16)28/h3-12H,13H2,1-2H3,(H,30,32)/b23-11+. The molecule has 0 spiro atoms. The van der Waals surface area contributed by atoms with Gasteiger partial charge in [0.05, 0.1) is 22.6 Å². The van der Waals surface area contributed by atoms with Crippen LogP contribution in [0.5, 0.6) is 11.5 Å². The zero-order chi connectivity index (χ0) is 26.7. The lowest BCUT2D eigenvalue weighted by atomic mass is 10.1. The van der Waals surface area contributed by atoms with Crippen molar-refractivity contribution in [2.24, 2.45) is 0 Å². The van der Waals surface area contributed by atoms with E-state index >= 15 is 0 Å². The van der Waals surface area contributed by atoms with Gasteiger partial charge in [0.1, 0.15) is 6.61 Å². The molecular weight excluding hydrogens is 575 g/mol. The van der Waals surface area contributed by atoms with Crippen LogP contribution in [0, 0.1) is 6.92 Å². The van der Waals surface area contributed by atoms with Crippen LogP contribution in [0.4, 0.5) is 0 Å². The summed E-state index contributed by atoms with van der Waals surface area (Å²) >= 11 is 24.7. The van der Waals surface area contributed by atoms with Gasteiger partial charge in [-0.25, -0.2) is 0 Å². The van der Waals surface area contributed by atoms with Gasteiger partial charge < -0.3 is 9.47 Å². The fourth-order valence-corrected chi connectivity index (χ4v) is 5.33. The fraction of sp³-hybridized carbons (Fsp3) is 0.115. The minimum atomic E-state index is -0.536. The second-order valence-corrected chi connectivity index (χ2v) is 10.8. The predicted octanol–water partition coefficient (Wildman–Crippen LogP) is 7.09. The highest BCUT2D eigenvalue weighted by Crippen LogP contribution is 2.35. The number of benzene rings is 3. The first-order valence-electron chi connectivity index (χ1n) is 10.8. The number of hydrazine groups is 1. The largest absolute Gasteiger partial charge is 0.493 e. The monoisotopic (exact) mass is 592 g/mol. The first kappa shape index (κ1) is 27.3. The summed E-state index contributed by atoms with van der Waals surface area (Å²) in [6, 6.07) is 15.4. The summed E-state index contributed by atoms with van der Waals surface area (Å²) < 4.78 is 11.6. The van der Waals surface area contributed by atoms with Gasteiger partial charge in [-0.1, -0.05) is 64.8 Å². The minimum absolute atomic E-state index is 0.194. The van der Waals surface area contributed by atoms with Crippen molar-refractivity contribution in [3.8, 4) is 11.5 Å². The van der Waals surface area contributed by atoms with Crippen LogP contribution in [0.15, 0.2) is 59.5 Å². The van der Waals surface area contributed by atoms with Gasteiger partial charge in [0.25, 0.3) is 11.8 Å². The Balaban J connectivity index is 1.48. The van der Waals surface area contributed by atoms with Crippen LogP contribution in [-0.2, 0) is 11.4 Å². The van der Waals surface area contributed by atoms with E-state index in [0.717, 1.165) is 27.9 Å². The second kappa shape index (κ2) is 11.8. The van der Waals surface area contributed by atoms with Crippen molar-refractivity contribution in [3.05, 3.63) is 96.8 Å². The maximum atomic E-state index is 13.0. The van der Waals surface area contributed by atoms with Crippen molar-refractivity contribution in [1.82, 2.24) is 10.4 Å². The highest BCUT2D eigenvalue weighted by atomic mass is 35.5. The number of halogens is 3. The molecule has 1 N–H and O–H groups in total. The molecular formula is C26H19Cl3N2O4S2. The molecule has 3 aromatic carbocycles. The van der Waals surface area contributed by atoms with Crippen molar-refractivity contribution in [2.75, 3.05) is 7.11 Å². The fourth-order valence-electron chi connectivity index (χ4n) is 3.37. The number of carbonyl (C=O) groups excluding carboxylic acids is 2.